The maximum atomic E-state index is 12.6. The third-order valence-electron chi connectivity index (χ3n) is 4.09. The molecule has 0 aromatic heterocycles. The quantitative estimate of drug-likeness (QED) is 0.898. The highest BCUT2D eigenvalue weighted by Crippen LogP contribution is 2.39. The Morgan fingerprint density at radius 2 is 1.95 bits per heavy atom. The smallest absolute Gasteiger partial charge is 0.304 e. The summed E-state index contributed by atoms with van der Waals surface area (Å²) < 4.78 is 0. The number of para-hydroxylation sites is 1. The van der Waals surface area contributed by atoms with E-state index in [1.165, 1.54) is 0 Å². The monoisotopic (exact) mass is 275 g/mol. The third kappa shape index (κ3) is 2.69. The van der Waals surface area contributed by atoms with Crippen LogP contribution < -0.4 is 4.90 Å². The van der Waals surface area contributed by atoms with E-state index in [1.54, 1.807) is 4.90 Å². The zero-order valence-corrected chi connectivity index (χ0v) is 12.0. The van der Waals surface area contributed by atoms with Gasteiger partial charge < -0.3 is 10.0 Å². The zero-order chi connectivity index (χ0) is 14.7. The lowest BCUT2D eigenvalue weighted by molar-refractivity contribution is -0.137. The molecule has 1 aliphatic heterocycles. The summed E-state index contributed by atoms with van der Waals surface area (Å²) in [4.78, 5) is 25.3. The molecule has 4 nitrogen and oxygen atoms in total. The van der Waals surface area contributed by atoms with E-state index < -0.39 is 5.97 Å². The molecular weight excluding hydrogens is 254 g/mol. The van der Waals surface area contributed by atoms with E-state index in [0.29, 0.717) is 6.54 Å². The van der Waals surface area contributed by atoms with Crippen molar-refractivity contribution >= 4 is 17.6 Å². The van der Waals surface area contributed by atoms with Crippen molar-refractivity contribution < 1.29 is 14.7 Å². The van der Waals surface area contributed by atoms with Crippen LogP contribution in [0.5, 0.6) is 0 Å². The van der Waals surface area contributed by atoms with Crippen LogP contribution in [0.15, 0.2) is 24.3 Å². The van der Waals surface area contributed by atoms with Gasteiger partial charge in [-0.1, -0.05) is 32.0 Å². The van der Waals surface area contributed by atoms with Gasteiger partial charge in [0, 0.05) is 24.1 Å². The van der Waals surface area contributed by atoms with Crippen LogP contribution in [0.2, 0.25) is 0 Å². The number of carbonyl (C=O) groups excluding carboxylic acids is 1. The van der Waals surface area contributed by atoms with E-state index in [4.69, 9.17) is 5.11 Å². The van der Waals surface area contributed by atoms with Crippen LogP contribution in [0.3, 0.4) is 0 Å². The molecule has 0 saturated heterocycles. The van der Waals surface area contributed by atoms with Crippen LogP contribution in [-0.2, 0) is 9.59 Å². The lowest BCUT2D eigenvalue weighted by Gasteiger charge is -2.22. The van der Waals surface area contributed by atoms with Crippen LogP contribution in [-0.4, -0.2) is 23.5 Å². The molecule has 1 amide bonds. The van der Waals surface area contributed by atoms with Gasteiger partial charge in [0.2, 0.25) is 5.91 Å². The fraction of sp³-hybridized carbons (Fsp3) is 0.500. The molecule has 0 aliphatic carbocycles. The standard InChI is InChI=1S/C16H21NO3/c1-3-11(4-2)16(20)17-10-12(9-15(18)19)13-7-5-6-8-14(13)17/h5-8,11-12H,3-4,9-10H2,1-2H3,(H,18,19). The first-order valence-electron chi connectivity index (χ1n) is 7.20. The molecule has 1 N–H and O–H groups in total. The summed E-state index contributed by atoms with van der Waals surface area (Å²) in [5, 5.41) is 9.02. The van der Waals surface area contributed by atoms with Crippen LogP contribution in [0.4, 0.5) is 5.69 Å². The normalized spacial score (nSPS) is 17.4. The van der Waals surface area contributed by atoms with E-state index in [0.717, 1.165) is 24.1 Å². The minimum Gasteiger partial charge on any atom is -0.481 e. The highest BCUT2D eigenvalue weighted by Gasteiger charge is 2.35. The number of rotatable bonds is 5. The highest BCUT2D eigenvalue weighted by atomic mass is 16.4. The van der Waals surface area contributed by atoms with Gasteiger partial charge in [-0.2, -0.15) is 0 Å². The van der Waals surface area contributed by atoms with Gasteiger partial charge in [0.25, 0.3) is 0 Å². The molecule has 0 spiro atoms. The Kier molecular flexibility index (Phi) is 4.42. The summed E-state index contributed by atoms with van der Waals surface area (Å²) in [5.41, 5.74) is 1.87. The number of carboxylic acid groups (broad SMARTS) is 1. The molecule has 2 rings (SSSR count). The van der Waals surface area contributed by atoms with Crippen molar-refractivity contribution in [2.75, 3.05) is 11.4 Å². The average molecular weight is 275 g/mol. The van der Waals surface area contributed by atoms with Crippen LogP contribution >= 0.6 is 0 Å². The van der Waals surface area contributed by atoms with Crippen molar-refractivity contribution in [2.24, 2.45) is 5.92 Å². The Morgan fingerprint density at radius 3 is 2.55 bits per heavy atom. The van der Waals surface area contributed by atoms with E-state index in [-0.39, 0.29) is 24.2 Å². The van der Waals surface area contributed by atoms with Gasteiger partial charge in [0.15, 0.2) is 0 Å². The van der Waals surface area contributed by atoms with Crippen LogP contribution in [0.25, 0.3) is 0 Å². The summed E-state index contributed by atoms with van der Waals surface area (Å²) in [6, 6.07) is 7.65. The first-order chi connectivity index (χ1) is 9.58. The number of aliphatic carboxylic acids is 1. The third-order valence-corrected chi connectivity index (χ3v) is 4.09. The molecule has 108 valence electrons. The second-order valence-electron chi connectivity index (χ2n) is 5.32. The maximum Gasteiger partial charge on any atom is 0.304 e. The van der Waals surface area contributed by atoms with Gasteiger partial charge in [-0.25, -0.2) is 0 Å². The van der Waals surface area contributed by atoms with E-state index in [1.807, 2.05) is 38.1 Å². The number of hydrogen-bond acceptors (Lipinski definition) is 2. The van der Waals surface area contributed by atoms with Crippen molar-refractivity contribution in [1.82, 2.24) is 0 Å². The second-order valence-corrected chi connectivity index (χ2v) is 5.32. The van der Waals surface area contributed by atoms with Gasteiger partial charge >= 0.3 is 5.97 Å². The van der Waals surface area contributed by atoms with E-state index in [9.17, 15) is 9.59 Å². The molecule has 0 radical (unpaired) electrons. The predicted octanol–water partition coefficient (Wildman–Crippen LogP) is 3.03. The number of carbonyl (C=O) groups is 2. The maximum absolute atomic E-state index is 12.6. The molecule has 1 aromatic rings. The number of nitrogens with zero attached hydrogens (tertiary/aromatic N) is 1. The summed E-state index contributed by atoms with van der Waals surface area (Å²) in [5.74, 6) is -0.773. The number of amides is 1. The molecule has 1 aromatic carbocycles. The number of anilines is 1. The highest BCUT2D eigenvalue weighted by molar-refractivity contribution is 5.97. The van der Waals surface area contributed by atoms with E-state index in [2.05, 4.69) is 0 Å². The first-order valence-corrected chi connectivity index (χ1v) is 7.20. The predicted molar refractivity (Wildman–Crippen MR) is 77.9 cm³/mol. The summed E-state index contributed by atoms with van der Waals surface area (Å²) >= 11 is 0. The molecular formula is C16H21NO3. The lowest BCUT2D eigenvalue weighted by Crippen LogP contribution is -2.35. The van der Waals surface area contributed by atoms with Gasteiger partial charge in [-0.15, -0.1) is 0 Å². The number of carboxylic acids is 1. The molecule has 1 aliphatic rings. The lowest BCUT2D eigenvalue weighted by atomic mass is 9.98. The Bertz CT molecular complexity index is 508. The minimum atomic E-state index is -0.818. The van der Waals surface area contributed by atoms with Crippen molar-refractivity contribution in [2.45, 2.75) is 39.0 Å². The van der Waals surface area contributed by atoms with Crippen molar-refractivity contribution in [3.05, 3.63) is 29.8 Å². The minimum absolute atomic E-state index is 0.0200. The molecule has 1 atom stereocenters. The summed E-state index contributed by atoms with van der Waals surface area (Å²) in [6.07, 6.45) is 1.71. The Labute approximate surface area is 119 Å². The topological polar surface area (TPSA) is 57.6 Å². The summed E-state index contributed by atoms with van der Waals surface area (Å²) in [7, 11) is 0. The van der Waals surface area contributed by atoms with Crippen molar-refractivity contribution in [1.29, 1.82) is 0 Å². The van der Waals surface area contributed by atoms with Gasteiger partial charge in [0.1, 0.15) is 0 Å². The van der Waals surface area contributed by atoms with Crippen LogP contribution in [0.1, 0.15) is 44.6 Å². The molecule has 1 unspecified atom stereocenters. The first kappa shape index (κ1) is 14.6. The van der Waals surface area contributed by atoms with Gasteiger partial charge in [-0.3, -0.25) is 9.59 Å². The fourth-order valence-corrected chi connectivity index (χ4v) is 2.95. The van der Waals surface area contributed by atoms with Crippen LogP contribution in [0, 0.1) is 5.92 Å². The number of fused-ring (bicyclic) bond motifs is 1. The summed E-state index contributed by atoms with van der Waals surface area (Å²) in [6.45, 7) is 4.52. The molecule has 0 bridgehead atoms. The number of hydrogen-bond donors (Lipinski definition) is 1. The van der Waals surface area contributed by atoms with Gasteiger partial charge in [-0.05, 0) is 24.5 Å². The van der Waals surface area contributed by atoms with Crippen molar-refractivity contribution in [3.63, 3.8) is 0 Å². The fourth-order valence-electron chi connectivity index (χ4n) is 2.95. The van der Waals surface area contributed by atoms with E-state index >= 15 is 0 Å². The average Bonchev–Trinajstić information content (AvgIpc) is 2.78. The Morgan fingerprint density at radius 1 is 1.30 bits per heavy atom. The molecule has 1 heterocycles. The largest absolute Gasteiger partial charge is 0.481 e. The second kappa shape index (κ2) is 6.07. The molecule has 20 heavy (non-hydrogen) atoms. The molecule has 0 saturated carbocycles. The zero-order valence-electron chi connectivity index (χ0n) is 12.0. The Balaban J connectivity index is 2.29. The molecule has 0 fully saturated rings. The number of benzene rings is 1. The molecule has 4 heteroatoms. The SMILES string of the molecule is CCC(CC)C(=O)N1CC(CC(=O)O)c2ccccc21. The van der Waals surface area contributed by atoms with Crippen molar-refractivity contribution in [3.8, 4) is 0 Å². The Hall–Kier alpha value is -1.84. The van der Waals surface area contributed by atoms with Gasteiger partial charge in [0.05, 0.1) is 6.42 Å².